The highest BCUT2D eigenvalue weighted by Gasteiger charge is 2.01. The fourth-order valence-electron chi connectivity index (χ4n) is 0.148. The van der Waals surface area contributed by atoms with E-state index in [1.54, 1.807) is 0 Å². The van der Waals surface area contributed by atoms with Gasteiger partial charge in [0.05, 0.1) is 12.4 Å². The third-order valence-electron chi connectivity index (χ3n) is 0.445. The molecule has 0 aliphatic heterocycles. The lowest BCUT2D eigenvalue weighted by atomic mass is 10.9. The van der Waals surface area contributed by atoms with Crippen molar-refractivity contribution in [2.45, 2.75) is 0 Å². The molecule has 0 atom stereocenters. The average molecular weight is 157 g/mol. The number of rotatable bonds is 3. The fourth-order valence-corrected chi connectivity index (χ4v) is 0.632. The first-order chi connectivity index (χ1) is 3.56. The van der Waals surface area contributed by atoms with Gasteiger partial charge in [-0.3, -0.25) is 0 Å². The molecular formula is C3H5ClO3S. The van der Waals surface area contributed by atoms with Gasteiger partial charge in [-0.15, -0.1) is 0 Å². The maximum absolute atomic E-state index is 10.0. The standard InChI is InChI=1S/C3H5ClO3S/c1-7-2-3-8(4,5)6/h1H,2-3H2. The van der Waals surface area contributed by atoms with Gasteiger partial charge in [0.1, 0.15) is 7.11 Å². The second kappa shape index (κ2) is 3.27. The summed E-state index contributed by atoms with van der Waals surface area (Å²) in [6, 6.07) is 0. The van der Waals surface area contributed by atoms with Crippen molar-refractivity contribution in [1.82, 2.24) is 0 Å². The minimum atomic E-state index is -3.42. The summed E-state index contributed by atoms with van der Waals surface area (Å²) in [4.78, 5) is 0. The van der Waals surface area contributed by atoms with Gasteiger partial charge in [-0.2, -0.15) is 0 Å². The minimum Gasteiger partial charge on any atom is -0.371 e. The molecule has 0 spiro atoms. The molecule has 0 fully saturated rings. The van der Waals surface area contributed by atoms with Crippen LogP contribution in [-0.2, 0) is 13.8 Å². The van der Waals surface area contributed by atoms with Gasteiger partial charge in [-0.05, 0) is 0 Å². The molecule has 0 N–H and O–H groups in total. The molecule has 0 amide bonds. The Labute approximate surface area is 53.0 Å². The van der Waals surface area contributed by atoms with Crippen LogP contribution in [0.1, 0.15) is 0 Å². The van der Waals surface area contributed by atoms with Crippen LogP contribution in [-0.4, -0.2) is 20.8 Å². The molecule has 48 valence electrons. The summed E-state index contributed by atoms with van der Waals surface area (Å²) >= 11 is 0. The van der Waals surface area contributed by atoms with Crippen molar-refractivity contribution in [2.24, 2.45) is 0 Å². The lowest BCUT2D eigenvalue weighted by molar-refractivity contribution is 0.263. The van der Waals surface area contributed by atoms with E-state index in [0.717, 1.165) is 0 Å². The Hall–Kier alpha value is 0.200. The zero-order valence-corrected chi connectivity index (χ0v) is 5.57. The molecule has 0 aromatic rings. The highest BCUT2D eigenvalue weighted by atomic mass is 35.7. The molecule has 0 aromatic heterocycles. The van der Waals surface area contributed by atoms with Crippen molar-refractivity contribution >= 4 is 19.7 Å². The average Bonchev–Trinajstić information content (AvgIpc) is 1.59. The van der Waals surface area contributed by atoms with Gasteiger partial charge < -0.3 is 4.74 Å². The van der Waals surface area contributed by atoms with Crippen molar-refractivity contribution < 1.29 is 13.2 Å². The van der Waals surface area contributed by atoms with Crippen LogP contribution in [0.25, 0.3) is 0 Å². The van der Waals surface area contributed by atoms with Gasteiger partial charge in [-0.1, -0.05) is 0 Å². The number of ether oxygens (including phenoxy) is 1. The van der Waals surface area contributed by atoms with Crippen molar-refractivity contribution in [2.75, 3.05) is 12.4 Å². The number of halogens is 1. The summed E-state index contributed by atoms with van der Waals surface area (Å²) in [5.41, 5.74) is 0. The summed E-state index contributed by atoms with van der Waals surface area (Å²) in [6.45, 7) is -0.0637. The number of hydrogen-bond acceptors (Lipinski definition) is 3. The first kappa shape index (κ1) is 8.20. The van der Waals surface area contributed by atoms with E-state index < -0.39 is 9.05 Å². The Morgan fingerprint density at radius 2 is 2.12 bits per heavy atom. The second-order valence-corrected chi connectivity index (χ2v) is 4.01. The second-order valence-electron chi connectivity index (χ2n) is 1.11. The van der Waals surface area contributed by atoms with Crippen molar-refractivity contribution in [3.8, 4) is 0 Å². The summed E-state index contributed by atoms with van der Waals surface area (Å²) in [7, 11) is 5.84. The van der Waals surface area contributed by atoms with Gasteiger partial charge in [0.15, 0.2) is 0 Å². The first-order valence-electron chi connectivity index (χ1n) is 1.80. The Kier molecular flexibility index (Phi) is 3.35. The maximum atomic E-state index is 10.0. The molecule has 0 saturated carbocycles. The van der Waals surface area contributed by atoms with Gasteiger partial charge in [0.25, 0.3) is 0 Å². The molecule has 5 heteroatoms. The van der Waals surface area contributed by atoms with Crippen LogP contribution in [0, 0.1) is 7.11 Å². The largest absolute Gasteiger partial charge is 0.371 e. The molecule has 0 bridgehead atoms. The smallest absolute Gasteiger partial charge is 0.234 e. The van der Waals surface area contributed by atoms with Crippen LogP contribution >= 0.6 is 10.7 Å². The summed E-state index contributed by atoms with van der Waals surface area (Å²) in [5.74, 6) is -0.245. The SMILES string of the molecule is [CH]OCCS(=O)(=O)Cl. The highest BCUT2D eigenvalue weighted by Crippen LogP contribution is 1.94. The molecule has 0 unspecified atom stereocenters. The Morgan fingerprint density at radius 3 is 2.25 bits per heavy atom. The topological polar surface area (TPSA) is 43.4 Å². The summed E-state index contributed by atoms with van der Waals surface area (Å²) in [6.07, 6.45) is 0. The van der Waals surface area contributed by atoms with Gasteiger partial charge >= 0.3 is 0 Å². The predicted octanol–water partition coefficient (Wildman–Crippen LogP) is 0.240. The van der Waals surface area contributed by atoms with Crippen molar-refractivity contribution in [3.05, 3.63) is 7.11 Å². The van der Waals surface area contributed by atoms with Crippen LogP contribution < -0.4 is 0 Å². The maximum Gasteiger partial charge on any atom is 0.234 e. The van der Waals surface area contributed by atoms with Crippen LogP contribution in [0.5, 0.6) is 0 Å². The monoisotopic (exact) mass is 156 g/mol. The van der Waals surface area contributed by atoms with E-state index in [-0.39, 0.29) is 12.4 Å². The molecule has 8 heavy (non-hydrogen) atoms. The normalized spacial score (nSPS) is 11.8. The first-order valence-corrected chi connectivity index (χ1v) is 4.28. The van der Waals surface area contributed by atoms with Crippen molar-refractivity contribution in [1.29, 1.82) is 0 Å². The van der Waals surface area contributed by atoms with Crippen molar-refractivity contribution in [3.63, 3.8) is 0 Å². The van der Waals surface area contributed by atoms with Crippen LogP contribution in [0.2, 0.25) is 0 Å². The van der Waals surface area contributed by atoms with E-state index in [1.807, 2.05) is 0 Å². The Morgan fingerprint density at radius 1 is 1.62 bits per heavy atom. The quantitative estimate of drug-likeness (QED) is 0.550. The molecule has 2 radical (unpaired) electrons. The number of hydrogen-bond donors (Lipinski definition) is 0. The third kappa shape index (κ3) is 6.20. The van der Waals surface area contributed by atoms with E-state index in [2.05, 4.69) is 11.8 Å². The van der Waals surface area contributed by atoms with E-state index in [1.165, 1.54) is 0 Å². The van der Waals surface area contributed by atoms with Crippen LogP contribution in [0.4, 0.5) is 0 Å². The fraction of sp³-hybridized carbons (Fsp3) is 0.667. The lowest BCUT2D eigenvalue weighted by Crippen LogP contribution is -2.02. The molecule has 0 aliphatic carbocycles. The zero-order valence-electron chi connectivity index (χ0n) is 4.00. The highest BCUT2D eigenvalue weighted by molar-refractivity contribution is 8.13. The van der Waals surface area contributed by atoms with Crippen LogP contribution in [0.3, 0.4) is 0 Å². The third-order valence-corrected chi connectivity index (χ3v) is 1.56. The Balaban J connectivity index is 3.42. The van der Waals surface area contributed by atoms with E-state index in [9.17, 15) is 8.42 Å². The van der Waals surface area contributed by atoms with Gasteiger partial charge in [0, 0.05) is 10.7 Å². The predicted molar refractivity (Wildman–Crippen MR) is 29.9 cm³/mol. The molecular weight excluding hydrogens is 152 g/mol. The molecule has 3 nitrogen and oxygen atoms in total. The molecule has 0 rings (SSSR count). The Bertz CT molecular complexity index is 139. The van der Waals surface area contributed by atoms with Crippen LogP contribution in [0.15, 0.2) is 0 Å². The molecule has 0 saturated heterocycles. The zero-order chi connectivity index (χ0) is 6.62. The van der Waals surface area contributed by atoms with E-state index >= 15 is 0 Å². The van der Waals surface area contributed by atoms with E-state index in [4.69, 9.17) is 10.7 Å². The molecule has 0 aliphatic rings. The van der Waals surface area contributed by atoms with Gasteiger partial charge in [0.2, 0.25) is 9.05 Å². The lowest BCUT2D eigenvalue weighted by Gasteiger charge is -1.90. The van der Waals surface area contributed by atoms with E-state index in [0.29, 0.717) is 0 Å². The van der Waals surface area contributed by atoms with Gasteiger partial charge in [-0.25, -0.2) is 8.42 Å². The molecule has 0 aromatic carbocycles. The molecule has 0 heterocycles. The summed E-state index contributed by atoms with van der Waals surface area (Å²) < 4.78 is 24.0. The minimum absolute atomic E-state index is 0.0637. The summed E-state index contributed by atoms with van der Waals surface area (Å²) in [5, 5.41) is 0.